The SMILES string of the molecule is C#CCNC(=O)COC(=O)C[C@@H](NC(N)=O)c1ccccc1Cl. The summed E-state index contributed by atoms with van der Waals surface area (Å²) < 4.78 is 4.82. The second-order valence-corrected chi connectivity index (χ2v) is 4.84. The molecule has 122 valence electrons. The molecule has 0 fully saturated rings. The number of halogens is 1. The second kappa shape index (κ2) is 9.33. The van der Waals surface area contributed by atoms with Gasteiger partial charge in [-0.25, -0.2) is 4.79 Å². The van der Waals surface area contributed by atoms with Gasteiger partial charge in [-0.2, -0.15) is 0 Å². The number of hydrogen-bond donors (Lipinski definition) is 3. The Balaban J connectivity index is 2.66. The number of amides is 3. The molecular weight excluding hydrogens is 322 g/mol. The van der Waals surface area contributed by atoms with Gasteiger partial charge < -0.3 is 21.1 Å². The number of hydrogen-bond acceptors (Lipinski definition) is 4. The maximum atomic E-state index is 11.8. The van der Waals surface area contributed by atoms with Crippen molar-refractivity contribution in [2.75, 3.05) is 13.2 Å². The quantitative estimate of drug-likeness (QED) is 0.503. The van der Waals surface area contributed by atoms with E-state index in [2.05, 4.69) is 16.6 Å². The molecule has 0 bridgehead atoms. The number of nitrogens with one attached hydrogen (secondary N) is 2. The molecule has 23 heavy (non-hydrogen) atoms. The maximum absolute atomic E-state index is 11.8. The molecule has 1 rings (SSSR count). The molecule has 0 saturated carbocycles. The molecule has 0 unspecified atom stereocenters. The Morgan fingerprint density at radius 3 is 2.65 bits per heavy atom. The zero-order valence-electron chi connectivity index (χ0n) is 12.2. The van der Waals surface area contributed by atoms with Crippen LogP contribution in [0.25, 0.3) is 0 Å². The zero-order chi connectivity index (χ0) is 17.2. The first kappa shape index (κ1) is 18.3. The monoisotopic (exact) mass is 337 g/mol. The first-order valence-corrected chi connectivity index (χ1v) is 6.98. The molecule has 8 heteroatoms. The summed E-state index contributed by atoms with van der Waals surface area (Å²) in [5.74, 6) is 1.00. The fraction of sp³-hybridized carbons (Fsp3) is 0.267. The Morgan fingerprint density at radius 2 is 2.04 bits per heavy atom. The molecule has 0 aliphatic carbocycles. The van der Waals surface area contributed by atoms with Crippen LogP contribution in [0.4, 0.5) is 4.79 Å². The van der Waals surface area contributed by atoms with E-state index in [1.807, 2.05) is 0 Å². The zero-order valence-corrected chi connectivity index (χ0v) is 12.9. The standard InChI is InChI=1S/C15H16ClN3O4/c1-2-7-18-13(20)9-23-14(21)8-12(19-15(17)22)10-5-3-4-6-11(10)16/h1,3-6,12H,7-9H2,(H,18,20)(H3,17,19,22)/t12-/m1/s1. The van der Waals surface area contributed by atoms with Crippen molar-refractivity contribution >= 4 is 29.5 Å². The summed E-state index contributed by atoms with van der Waals surface area (Å²) >= 11 is 6.04. The van der Waals surface area contributed by atoms with E-state index in [-0.39, 0.29) is 13.0 Å². The molecular formula is C15H16ClN3O4. The first-order valence-electron chi connectivity index (χ1n) is 6.60. The van der Waals surface area contributed by atoms with Gasteiger partial charge >= 0.3 is 12.0 Å². The lowest BCUT2D eigenvalue weighted by Crippen LogP contribution is -2.35. The van der Waals surface area contributed by atoms with Crippen LogP contribution >= 0.6 is 11.6 Å². The van der Waals surface area contributed by atoms with E-state index in [0.717, 1.165) is 0 Å². The van der Waals surface area contributed by atoms with E-state index in [9.17, 15) is 14.4 Å². The smallest absolute Gasteiger partial charge is 0.312 e. The molecule has 1 aromatic rings. The minimum atomic E-state index is -0.811. The van der Waals surface area contributed by atoms with Crippen LogP contribution in [-0.2, 0) is 14.3 Å². The van der Waals surface area contributed by atoms with Gasteiger partial charge in [0.05, 0.1) is 19.0 Å². The van der Waals surface area contributed by atoms with Gasteiger partial charge in [-0.3, -0.25) is 9.59 Å². The van der Waals surface area contributed by atoms with E-state index in [1.54, 1.807) is 24.3 Å². The van der Waals surface area contributed by atoms with Crippen molar-refractivity contribution < 1.29 is 19.1 Å². The lowest BCUT2D eigenvalue weighted by atomic mass is 10.0. The van der Waals surface area contributed by atoms with Gasteiger partial charge in [-0.15, -0.1) is 6.42 Å². The van der Waals surface area contributed by atoms with Gasteiger partial charge in [0.2, 0.25) is 0 Å². The molecule has 1 atom stereocenters. The number of carbonyl (C=O) groups is 3. The Kier molecular flexibility index (Phi) is 7.43. The van der Waals surface area contributed by atoms with Crippen molar-refractivity contribution in [1.29, 1.82) is 0 Å². The fourth-order valence-corrected chi connectivity index (χ4v) is 2.01. The number of primary amides is 1. The predicted molar refractivity (Wildman–Crippen MR) is 84.3 cm³/mol. The summed E-state index contributed by atoms with van der Waals surface area (Å²) in [4.78, 5) is 34.2. The fourth-order valence-electron chi connectivity index (χ4n) is 1.74. The number of terminal acetylenes is 1. The van der Waals surface area contributed by atoms with Crippen LogP contribution in [0.3, 0.4) is 0 Å². The van der Waals surface area contributed by atoms with Crippen LogP contribution in [0.1, 0.15) is 18.0 Å². The number of ether oxygens (including phenoxy) is 1. The third kappa shape index (κ3) is 6.72. The van der Waals surface area contributed by atoms with E-state index in [1.165, 1.54) is 0 Å². The lowest BCUT2D eigenvalue weighted by Gasteiger charge is -2.18. The maximum Gasteiger partial charge on any atom is 0.312 e. The minimum Gasteiger partial charge on any atom is -0.456 e. The van der Waals surface area contributed by atoms with Crippen LogP contribution in [0.15, 0.2) is 24.3 Å². The van der Waals surface area contributed by atoms with Crippen LogP contribution in [0.5, 0.6) is 0 Å². The molecule has 0 aliphatic rings. The Hall–Kier alpha value is -2.72. The summed E-state index contributed by atoms with van der Waals surface area (Å²) in [5, 5.41) is 5.13. The highest BCUT2D eigenvalue weighted by Gasteiger charge is 2.21. The Labute approximate surface area is 138 Å². The molecule has 7 nitrogen and oxygen atoms in total. The molecule has 0 saturated heterocycles. The number of rotatable bonds is 7. The van der Waals surface area contributed by atoms with E-state index < -0.39 is 30.6 Å². The van der Waals surface area contributed by atoms with Gasteiger partial charge in [-0.1, -0.05) is 35.7 Å². The number of benzene rings is 1. The third-order valence-electron chi connectivity index (χ3n) is 2.72. The Morgan fingerprint density at radius 1 is 1.35 bits per heavy atom. The highest BCUT2D eigenvalue weighted by Crippen LogP contribution is 2.25. The van der Waals surface area contributed by atoms with Crippen molar-refractivity contribution in [1.82, 2.24) is 10.6 Å². The summed E-state index contributed by atoms with van der Waals surface area (Å²) in [5.41, 5.74) is 5.62. The van der Waals surface area contributed by atoms with Crippen molar-refractivity contribution in [2.24, 2.45) is 5.73 Å². The molecule has 3 amide bonds. The third-order valence-corrected chi connectivity index (χ3v) is 3.06. The summed E-state index contributed by atoms with van der Waals surface area (Å²) in [6.07, 6.45) is 4.76. The average Bonchev–Trinajstić information content (AvgIpc) is 2.50. The molecule has 1 aromatic carbocycles. The van der Waals surface area contributed by atoms with E-state index >= 15 is 0 Å². The largest absolute Gasteiger partial charge is 0.456 e. The average molecular weight is 338 g/mol. The van der Waals surface area contributed by atoms with Crippen molar-refractivity contribution in [2.45, 2.75) is 12.5 Å². The van der Waals surface area contributed by atoms with Gasteiger partial charge in [0.15, 0.2) is 6.61 Å². The predicted octanol–water partition coefficient (Wildman–Crippen LogP) is 0.732. The van der Waals surface area contributed by atoms with Crippen LogP contribution in [0, 0.1) is 12.3 Å². The highest BCUT2D eigenvalue weighted by molar-refractivity contribution is 6.31. The number of nitrogens with two attached hydrogens (primary N) is 1. The number of urea groups is 1. The van der Waals surface area contributed by atoms with Gasteiger partial charge in [0, 0.05) is 5.02 Å². The van der Waals surface area contributed by atoms with E-state index in [4.69, 9.17) is 28.5 Å². The molecule has 0 spiro atoms. The van der Waals surface area contributed by atoms with Crippen LogP contribution in [-0.4, -0.2) is 31.1 Å². The first-order chi connectivity index (χ1) is 10.9. The number of carbonyl (C=O) groups excluding carboxylic acids is 3. The molecule has 0 aromatic heterocycles. The van der Waals surface area contributed by atoms with E-state index in [0.29, 0.717) is 10.6 Å². The summed E-state index contributed by atoms with van der Waals surface area (Å²) in [6, 6.07) is 5.11. The van der Waals surface area contributed by atoms with Crippen molar-refractivity contribution in [3.63, 3.8) is 0 Å². The topological polar surface area (TPSA) is 111 Å². The van der Waals surface area contributed by atoms with Crippen molar-refractivity contribution in [3.8, 4) is 12.3 Å². The van der Waals surface area contributed by atoms with Gasteiger partial charge in [0.25, 0.3) is 5.91 Å². The Bertz CT molecular complexity index is 627. The highest BCUT2D eigenvalue weighted by atomic mass is 35.5. The molecule has 0 radical (unpaired) electrons. The summed E-state index contributed by atoms with van der Waals surface area (Å²) in [6.45, 7) is -0.422. The minimum absolute atomic E-state index is 0.0435. The van der Waals surface area contributed by atoms with Gasteiger partial charge in [-0.05, 0) is 11.6 Å². The van der Waals surface area contributed by atoms with Crippen LogP contribution in [0.2, 0.25) is 5.02 Å². The molecule has 4 N–H and O–H groups in total. The lowest BCUT2D eigenvalue weighted by molar-refractivity contribution is -0.148. The van der Waals surface area contributed by atoms with Gasteiger partial charge in [0.1, 0.15) is 0 Å². The van der Waals surface area contributed by atoms with Crippen molar-refractivity contribution in [3.05, 3.63) is 34.9 Å². The van der Waals surface area contributed by atoms with Crippen LogP contribution < -0.4 is 16.4 Å². The normalized spacial score (nSPS) is 11.0. The molecule has 0 aliphatic heterocycles. The number of esters is 1. The second-order valence-electron chi connectivity index (χ2n) is 4.43. The summed E-state index contributed by atoms with van der Waals surface area (Å²) in [7, 11) is 0. The molecule has 0 heterocycles.